The van der Waals surface area contributed by atoms with Gasteiger partial charge in [-0.2, -0.15) is 0 Å². The van der Waals surface area contributed by atoms with Crippen molar-refractivity contribution in [2.75, 3.05) is 12.8 Å². The molecule has 2 N–H and O–H groups in total. The number of nitrogens with two attached hydrogens (primary N) is 1. The molecule has 18 heavy (non-hydrogen) atoms. The third-order valence-corrected chi connectivity index (χ3v) is 3.00. The minimum absolute atomic E-state index is 0.0792. The standard InChI is InChI=1S/C11H12FN3O3/c1-14(6-2-3-6)11(16)9-7(12)4-5-8(10(9)13)15(17)18/h4-6H,2-3,13H2,1H3. The van der Waals surface area contributed by atoms with Crippen LogP contribution in [-0.4, -0.2) is 28.8 Å². The van der Waals surface area contributed by atoms with Crippen molar-refractivity contribution in [3.8, 4) is 0 Å². The lowest BCUT2D eigenvalue weighted by molar-refractivity contribution is -0.384. The molecule has 0 atom stereocenters. The Hall–Kier alpha value is -2.18. The molecule has 1 amide bonds. The monoisotopic (exact) mass is 253 g/mol. The van der Waals surface area contributed by atoms with E-state index in [1.165, 1.54) is 11.9 Å². The number of carbonyl (C=O) groups is 1. The molecule has 7 heteroatoms. The summed E-state index contributed by atoms with van der Waals surface area (Å²) in [6.45, 7) is 0. The number of nitro benzene ring substituents is 1. The summed E-state index contributed by atoms with van der Waals surface area (Å²) in [6, 6.07) is 1.93. The predicted octanol–water partition coefficient (Wildman–Crippen LogP) is 1.55. The van der Waals surface area contributed by atoms with Crippen LogP contribution in [0.2, 0.25) is 0 Å². The fourth-order valence-corrected chi connectivity index (χ4v) is 1.76. The van der Waals surface area contributed by atoms with Crippen LogP contribution in [0.5, 0.6) is 0 Å². The summed E-state index contributed by atoms with van der Waals surface area (Å²) in [7, 11) is 1.54. The van der Waals surface area contributed by atoms with Crippen LogP contribution >= 0.6 is 0 Å². The first kappa shape index (κ1) is 12.3. The third-order valence-electron chi connectivity index (χ3n) is 3.00. The maximum absolute atomic E-state index is 13.6. The van der Waals surface area contributed by atoms with Crippen molar-refractivity contribution < 1.29 is 14.1 Å². The van der Waals surface area contributed by atoms with Crippen LogP contribution in [0.15, 0.2) is 12.1 Å². The molecule has 0 saturated heterocycles. The molecule has 1 saturated carbocycles. The average Bonchev–Trinajstić information content (AvgIpc) is 3.11. The van der Waals surface area contributed by atoms with E-state index in [0.29, 0.717) is 0 Å². The highest BCUT2D eigenvalue weighted by molar-refractivity contribution is 6.01. The molecule has 1 aliphatic carbocycles. The summed E-state index contributed by atoms with van der Waals surface area (Å²) >= 11 is 0. The fourth-order valence-electron chi connectivity index (χ4n) is 1.76. The number of benzene rings is 1. The second-order valence-electron chi connectivity index (χ2n) is 4.26. The van der Waals surface area contributed by atoms with Crippen molar-refractivity contribution in [3.05, 3.63) is 33.6 Å². The number of anilines is 1. The lowest BCUT2D eigenvalue weighted by Gasteiger charge is -2.17. The van der Waals surface area contributed by atoms with Gasteiger partial charge in [0.2, 0.25) is 0 Å². The van der Waals surface area contributed by atoms with Crippen molar-refractivity contribution >= 4 is 17.3 Å². The highest BCUT2D eigenvalue weighted by atomic mass is 19.1. The smallest absolute Gasteiger partial charge is 0.293 e. The van der Waals surface area contributed by atoms with E-state index in [2.05, 4.69) is 0 Å². The zero-order valence-electron chi connectivity index (χ0n) is 9.72. The maximum atomic E-state index is 13.6. The van der Waals surface area contributed by atoms with E-state index in [9.17, 15) is 19.3 Å². The molecule has 6 nitrogen and oxygen atoms in total. The van der Waals surface area contributed by atoms with Crippen LogP contribution in [0.4, 0.5) is 15.8 Å². The Morgan fingerprint density at radius 2 is 2.17 bits per heavy atom. The third kappa shape index (κ3) is 1.99. The summed E-state index contributed by atoms with van der Waals surface area (Å²) in [4.78, 5) is 23.4. The molecule has 1 aliphatic rings. The minimum Gasteiger partial charge on any atom is -0.392 e. The number of hydrogen-bond donors (Lipinski definition) is 1. The topological polar surface area (TPSA) is 89.5 Å². The molecule has 0 spiro atoms. The molecular weight excluding hydrogens is 241 g/mol. The fraction of sp³-hybridized carbons (Fsp3) is 0.364. The first-order valence-electron chi connectivity index (χ1n) is 5.43. The number of nitrogen functional groups attached to an aromatic ring is 1. The number of carbonyl (C=O) groups excluding carboxylic acids is 1. The van der Waals surface area contributed by atoms with Crippen molar-refractivity contribution in [1.82, 2.24) is 4.90 Å². The highest BCUT2D eigenvalue weighted by Crippen LogP contribution is 2.32. The zero-order valence-corrected chi connectivity index (χ0v) is 9.72. The van der Waals surface area contributed by atoms with Crippen LogP contribution < -0.4 is 5.73 Å². The van der Waals surface area contributed by atoms with Crippen molar-refractivity contribution in [1.29, 1.82) is 0 Å². The van der Waals surface area contributed by atoms with E-state index in [-0.39, 0.29) is 6.04 Å². The Morgan fingerprint density at radius 3 is 2.67 bits per heavy atom. The Morgan fingerprint density at radius 1 is 1.56 bits per heavy atom. The molecular formula is C11H12FN3O3. The van der Waals surface area contributed by atoms with Gasteiger partial charge in [-0.05, 0) is 18.9 Å². The Balaban J connectivity index is 2.45. The van der Waals surface area contributed by atoms with Gasteiger partial charge in [0.1, 0.15) is 17.1 Å². The molecule has 1 aromatic carbocycles. The number of halogens is 1. The van der Waals surface area contributed by atoms with Gasteiger partial charge < -0.3 is 10.6 Å². The number of nitrogens with zero attached hydrogens (tertiary/aromatic N) is 2. The summed E-state index contributed by atoms with van der Waals surface area (Å²) in [5, 5.41) is 10.7. The predicted molar refractivity (Wildman–Crippen MR) is 62.6 cm³/mol. The molecule has 1 aromatic rings. The first-order chi connectivity index (χ1) is 8.43. The normalized spacial score (nSPS) is 14.3. The molecule has 0 aromatic heterocycles. The molecule has 96 valence electrons. The SMILES string of the molecule is CN(C(=O)c1c(F)ccc([N+](=O)[O-])c1N)C1CC1. The zero-order chi connectivity index (χ0) is 13.4. The summed E-state index contributed by atoms with van der Waals surface area (Å²) < 4.78 is 13.6. The van der Waals surface area contributed by atoms with Crippen LogP contribution in [0.25, 0.3) is 0 Å². The minimum atomic E-state index is -0.837. The molecule has 0 radical (unpaired) electrons. The number of rotatable bonds is 3. The van der Waals surface area contributed by atoms with Crippen molar-refractivity contribution in [2.24, 2.45) is 0 Å². The number of nitro groups is 1. The van der Waals surface area contributed by atoms with Gasteiger partial charge in [0.25, 0.3) is 11.6 Å². The van der Waals surface area contributed by atoms with Crippen LogP contribution in [0, 0.1) is 15.9 Å². The van der Waals surface area contributed by atoms with Crippen LogP contribution in [0.3, 0.4) is 0 Å². The molecule has 0 aliphatic heterocycles. The number of amides is 1. The summed E-state index contributed by atoms with van der Waals surface area (Å²) in [5.74, 6) is -1.45. The second kappa shape index (κ2) is 4.25. The molecule has 2 rings (SSSR count). The van der Waals surface area contributed by atoms with E-state index < -0.39 is 33.6 Å². The van der Waals surface area contributed by atoms with Crippen molar-refractivity contribution in [3.63, 3.8) is 0 Å². The van der Waals surface area contributed by atoms with E-state index in [0.717, 1.165) is 25.0 Å². The summed E-state index contributed by atoms with van der Waals surface area (Å²) in [5.41, 5.74) is 4.22. The van der Waals surface area contributed by atoms with Gasteiger partial charge in [0.05, 0.1) is 4.92 Å². The highest BCUT2D eigenvalue weighted by Gasteiger charge is 2.33. The second-order valence-corrected chi connectivity index (χ2v) is 4.26. The van der Waals surface area contributed by atoms with Crippen LogP contribution in [0.1, 0.15) is 23.2 Å². The maximum Gasteiger partial charge on any atom is 0.293 e. The quantitative estimate of drug-likeness (QED) is 0.502. The Labute approximate surface area is 102 Å². The molecule has 0 unspecified atom stereocenters. The van der Waals surface area contributed by atoms with Gasteiger partial charge in [0.15, 0.2) is 0 Å². The van der Waals surface area contributed by atoms with Gasteiger partial charge >= 0.3 is 0 Å². The molecule has 0 bridgehead atoms. The Bertz CT molecular complexity index is 529. The average molecular weight is 253 g/mol. The first-order valence-corrected chi connectivity index (χ1v) is 5.43. The molecule has 0 heterocycles. The van der Waals surface area contributed by atoms with Gasteiger partial charge in [-0.1, -0.05) is 0 Å². The van der Waals surface area contributed by atoms with Gasteiger partial charge in [-0.15, -0.1) is 0 Å². The Kier molecular flexibility index (Phi) is 2.90. The van der Waals surface area contributed by atoms with Crippen molar-refractivity contribution in [2.45, 2.75) is 18.9 Å². The van der Waals surface area contributed by atoms with E-state index in [1.807, 2.05) is 0 Å². The van der Waals surface area contributed by atoms with Gasteiger partial charge in [-0.25, -0.2) is 4.39 Å². The number of hydrogen-bond acceptors (Lipinski definition) is 4. The van der Waals surface area contributed by atoms with Gasteiger partial charge in [0, 0.05) is 19.2 Å². The lowest BCUT2D eigenvalue weighted by Crippen LogP contribution is -2.30. The van der Waals surface area contributed by atoms with Gasteiger partial charge in [-0.3, -0.25) is 14.9 Å². The van der Waals surface area contributed by atoms with Crippen LogP contribution in [-0.2, 0) is 0 Å². The summed E-state index contributed by atoms with van der Waals surface area (Å²) in [6.07, 6.45) is 1.72. The lowest BCUT2D eigenvalue weighted by atomic mass is 10.1. The molecule has 1 fully saturated rings. The van der Waals surface area contributed by atoms with E-state index in [4.69, 9.17) is 5.73 Å². The van der Waals surface area contributed by atoms with E-state index in [1.54, 1.807) is 0 Å². The largest absolute Gasteiger partial charge is 0.392 e. The van der Waals surface area contributed by atoms with E-state index >= 15 is 0 Å².